The zero-order chi connectivity index (χ0) is 24.1. The molecule has 2 heterocycles. The van der Waals surface area contributed by atoms with Gasteiger partial charge in [0, 0.05) is 32.0 Å². The first kappa shape index (κ1) is 27.1. The van der Waals surface area contributed by atoms with Crippen LogP contribution in [0.5, 0.6) is 0 Å². The van der Waals surface area contributed by atoms with Crippen LogP contribution in [0.4, 0.5) is 0 Å². The van der Waals surface area contributed by atoms with Crippen LogP contribution in [0, 0.1) is 17.8 Å². The Bertz CT molecular complexity index is 784. The molecular formula is C27H38O6. The summed E-state index contributed by atoms with van der Waals surface area (Å²) in [5.41, 5.74) is 2.19. The fourth-order valence-electron chi connectivity index (χ4n) is 3.73. The highest BCUT2D eigenvalue weighted by molar-refractivity contribution is 5.88. The number of hydrogen-bond acceptors (Lipinski definition) is 6. The predicted molar refractivity (Wildman–Crippen MR) is 128 cm³/mol. The Labute approximate surface area is 198 Å². The van der Waals surface area contributed by atoms with Crippen LogP contribution in [0.1, 0.15) is 52.4 Å². The minimum absolute atomic E-state index is 0.118. The van der Waals surface area contributed by atoms with Gasteiger partial charge in [-0.15, -0.1) is 0 Å². The van der Waals surface area contributed by atoms with E-state index >= 15 is 0 Å². The molecule has 2 aliphatic rings. The lowest BCUT2D eigenvalue weighted by Crippen LogP contribution is -2.30. The fraction of sp³-hybridized carbons (Fsp3) is 0.593. The first-order valence-electron chi connectivity index (χ1n) is 11.8. The maximum atomic E-state index is 12.2. The van der Waals surface area contributed by atoms with Crippen molar-refractivity contribution in [1.29, 1.82) is 0 Å². The Morgan fingerprint density at radius 3 is 2.91 bits per heavy atom. The van der Waals surface area contributed by atoms with E-state index in [0.717, 1.165) is 24.8 Å². The van der Waals surface area contributed by atoms with E-state index < -0.39 is 24.3 Å². The van der Waals surface area contributed by atoms with Crippen molar-refractivity contribution in [2.75, 3.05) is 19.8 Å². The summed E-state index contributed by atoms with van der Waals surface area (Å²) in [6.07, 6.45) is 9.64. The molecule has 0 spiro atoms. The predicted octanol–water partition coefficient (Wildman–Crippen LogP) is 3.64. The van der Waals surface area contributed by atoms with Gasteiger partial charge in [0.05, 0.1) is 18.8 Å². The third-order valence-electron chi connectivity index (χ3n) is 5.47. The van der Waals surface area contributed by atoms with Crippen molar-refractivity contribution in [3.05, 3.63) is 48.1 Å². The summed E-state index contributed by atoms with van der Waals surface area (Å²) in [6, 6.07) is 0. The molecule has 6 nitrogen and oxygen atoms in total. The SMILES string of the molecule is C=C1CC(C)COCCCC#CC(=O)O[C@H]([C@@H](O)/C=C/[C@@H]2CC(C)=CCO2)C/C=C/[C@@H](O)C1. The summed E-state index contributed by atoms with van der Waals surface area (Å²) in [5.74, 6) is 4.93. The number of aliphatic hydroxyl groups is 2. The van der Waals surface area contributed by atoms with E-state index in [9.17, 15) is 15.0 Å². The van der Waals surface area contributed by atoms with Gasteiger partial charge >= 0.3 is 5.97 Å². The number of carbonyl (C=O) groups excluding carboxylic acids is 1. The Morgan fingerprint density at radius 2 is 2.12 bits per heavy atom. The van der Waals surface area contributed by atoms with Gasteiger partial charge in [-0.1, -0.05) is 60.9 Å². The average Bonchev–Trinajstić information content (AvgIpc) is 2.75. The van der Waals surface area contributed by atoms with Gasteiger partial charge in [-0.25, -0.2) is 4.79 Å². The molecule has 0 bridgehead atoms. The summed E-state index contributed by atoms with van der Waals surface area (Å²) >= 11 is 0. The molecule has 0 aromatic rings. The molecule has 0 radical (unpaired) electrons. The number of esters is 1. The van der Waals surface area contributed by atoms with Crippen molar-refractivity contribution < 1.29 is 29.2 Å². The maximum Gasteiger partial charge on any atom is 0.384 e. The Morgan fingerprint density at radius 1 is 1.30 bits per heavy atom. The Kier molecular flexibility index (Phi) is 12.2. The molecule has 33 heavy (non-hydrogen) atoms. The number of aliphatic hydroxyl groups excluding tert-OH is 2. The highest BCUT2D eigenvalue weighted by Crippen LogP contribution is 2.18. The second-order valence-corrected chi connectivity index (χ2v) is 8.92. The van der Waals surface area contributed by atoms with Crippen molar-refractivity contribution in [2.24, 2.45) is 5.92 Å². The van der Waals surface area contributed by atoms with Crippen LogP contribution in [0.3, 0.4) is 0 Å². The van der Waals surface area contributed by atoms with Gasteiger partial charge in [-0.3, -0.25) is 0 Å². The third-order valence-corrected chi connectivity index (χ3v) is 5.47. The average molecular weight is 459 g/mol. The van der Waals surface area contributed by atoms with Crippen LogP contribution in [0.2, 0.25) is 0 Å². The molecule has 2 N–H and O–H groups in total. The van der Waals surface area contributed by atoms with Crippen LogP contribution in [-0.2, 0) is 19.0 Å². The molecule has 2 rings (SSSR count). The highest BCUT2D eigenvalue weighted by atomic mass is 16.6. The standard InChI is InChI=1S/C27H38O6/c1-20-13-15-32-24(18-20)11-12-25(29)26-9-7-8-23(28)17-21(2)16-22(3)19-31-14-6-4-5-10-27(30)33-26/h7-8,11-13,22-26,28-29H,2,4,6,9,14-19H2,1,3H3/b8-7+,12-11+/t22?,23-,24-,25+,26+/m1/s1. The van der Waals surface area contributed by atoms with Gasteiger partial charge in [0.2, 0.25) is 0 Å². The molecule has 2 aliphatic heterocycles. The van der Waals surface area contributed by atoms with Crippen LogP contribution < -0.4 is 0 Å². The second-order valence-electron chi connectivity index (χ2n) is 8.92. The summed E-state index contributed by atoms with van der Waals surface area (Å²) < 4.78 is 16.8. The van der Waals surface area contributed by atoms with Crippen molar-refractivity contribution >= 4 is 5.97 Å². The molecule has 0 aromatic heterocycles. The fourth-order valence-corrected chi connectivity index (χ4v) is 3.73. The quantitative estimate of drug-likeness (QED) is 0.291. The van der Waals surface area contributed by atoms with E-state index in [4.69, 9.17) is 14.2 Å². The molecule has 5 atom stereocenters. The number of cyclic esters (lactones) is 1. The van der Waals surface area contributed by atoms with Crippen LogP contribution in [0.15, 0.2) is 48.1 Å². The van der Waals surface area contributed by atoms with E-state index in [1.165, 1.54) is 5.57 Å². The normalized spacial score (nSPS) is 30.8. The van der Waals surface area contributed by atoms with E-state index in [0.29, 0.717) is 38.6 Å². The van der Waals surface area contributed by atoms with Crippen LogP contribution >= 0.6 is 0 Å². The number of rotatable bonds is 3. The van der Waals surface area contributed by atoms with E-state index in [-0.39, 0.29) is 12.5 Å². The topological polar surface area (TPSA) is 85.2 Å². The molecule has 0 saturated heterocycles. The van der Waals surface area contributed by atoms with Crippen molar-refractivity contribution in [2.45, 2.75) is 76.8 Å². The minimum Gasteiger partial charge on any atom is -0.449 e. The van der Waals surface area contributed by atoms with E-state index in [1.807, 2.05) is 13.0 Å². The molecule has 182 valence electrons. The molecule has 1 unspecified atom stereocenters. The molecule has 0 aromatic carbocycles. The molecule has 0 saturated carbocycles. The second kappa shape index (κ2) is 14.9. The van der Waals surface area contributed by atoms with Crippen molar-refractivity contribution in [3.8, 4) is 11.8 Å². The minimum atomic E-state index is -1.03. The molecular weight excluding hydrogens is 420 g/mol. The highest BCUT2D eigenvalue weighted by Gasteiger charge is 2.21. The monoisotopic (exact) mass is 458 g/mol. The van der Waals surface area contributed by atoms with Gasteiger partial charge in [0.15, 0.2) is 0 Å². The first-order chi connectivity index (χ1) is 15.8. The van der Waals surface area contributed by atoms with Gasteiger partial charge in [0.1, 0.15) is 12.2 Å². The molecule has 0 amide bonds. The van der Waals surface area contributed by atoms with Crippen molar-refractivity contribution in [3.63, 3.8) is 0 Å². The zero-order valence-corrected chi connectivity index (χ0v) is 19.9. The first-order valence-corrected chi connectivity index (χ1v) is 11.8. The number of hydrogen-bond donors (Lipinski definition) is 2. The molecule has 0 aliphatic carbocycles. The Hall–Kier alpha value is -2.17. The summed E-state index contributed by atoms with van der Waals surface area (Å²) in [6.45, 7) is 9.94. The molecule has 6 heteroatoms. The molecule has 0 fully saturated rings. The van der Waals surface area contributed by atoms with Crippen LogP contribution in [0.25, 0.3) is 0 Å². The van der Waals surface area contributed by atoms with Crippen LogP contribution in [-0.4, -0.2) is 60.4 Å². The lowest BCUT2D eigenvalue weighted by molar-refractivity contribution is -0.145. The zero-order valence-electron chi connectivity index (χ0n) is 19.9. The Balaban J connectivity index is 2.06. The van der Waals surface area contributed by atoms with Gasteiger partial charge in [-0.2, -0.15) is 0 Å². The number of ether oxygens (including phenoxy) is 3. The third kappa shape index (κ3) is 11.5. The summed E-state index contributed by atoms with van der Waals surface area (Å²) in [4.78, 5) is 12.2. The van der Waals surface area contributed by atoms with Gasteiger partial charge in [-0.05, 0) is 38.5 Å². The van der Waals surface area contributed by atoms with Gasteiger partial charge in [0.25, 0.3) is 0 Å². The lowest BCUT2D eigenvalue weighted by atomic mass is 9.98. The lowest BCUT2D eigenvalue weighted by Gasteiger charge is -2.21. The van der Waals surface area contributed by atoms with Crippen molar-refractivity contribution in [1.82, 2.24) is 0 Å². The maximum absolute atomic E-state index is 12.2. The summed E-state index contributed by atoms with van der Waals surface area (Å²) in [7, 11) is 0. The summed E-state index contributed by atoms with van der Waals surface area (Å²) in [5, 5.41) is 21.0. The van der Waals surface area contributed by atoms with Gasteiger partial charge < -0.3 is 24.4 Å². The number of carbonyl (C=O) groups is 1. The smallest absolute Gasteiger partial charge is 0.384 e. The van der Waals surface area contributed by atoms with E-state index in [1.54, 1.807) is 24.3 Å². The largest absolute Gasteiger partial charge is 0.449 e. The van der Waals surface area contributed by atoms with E-state index in [2.05, 4.69) is 25.3 Å².